The van der Waals surface area contributed by atoms with Crippen LogP contribution in [0.25, 0.3) is 0 Å². The summed E-state index contributed by atoms with van der Waals surface area (Å²) in [6.07, 6.45) is 4.10. The minimum Gasteiger partial charge on any atom is -0.378 e. The number of piperidine rings is 1. The van der Waals surface area contributed by atoms with E-state index in [1.54, 1.807) is 0 Å². The number of carbonyl (C=O) groups excluding carboxylic acids is 1. The van der Waals surface area contributed by atoms with Crippen molar-refractivity contribution in [1.29, 1.82) is 0 Å². The largest absolute Gasteiger partial charge is 0.378 e. The molecule has 0 radical (unpaired) electrons. The number of ether oxygens (including phenoxy) is 1. The van der Waals surface area contributed by atoms with Crippen molar-refractivity contribution in [2.75, 3.05) is 32.8 Å². The molecule has 1 aliphatic heterocycles. The molecule has 5 nitrogen and oxygen atoms in total. The second kappa shape index (κ2) is 8.45. The molecule has 0 saturated carbocycles. The molecule has 18 heavy (non-hydrogen) atoms. The Labute approximate surface area is 110 Å². The van der Waals surface area contributed by atoms with E-state index in [4.69, 9.17) is 16.2 Å². The van der Waals surface area contributed by atoms with Crippen LogP contribution in [0.2, 0.25) is 0 Å². The molecular weight excluding hydrogens is 230 g/mol. The first kappa shape index (κ1) is 15.4. The zero-order valence-corrected chi connectivity index (χ0v) is 11.4. The Balaban J connectivity index is 2.00. The summed E-state index contributed by atoms with van der Waals surface area (Å²) in [5.74, 6) is 0.541. The van der Waals surface area contributed by atoms with Gasteiger partial charge in [-0.15, -0.1) is 0 Å². The van der Waals surface area contributed by atoms with Gasteiger partial charge in [0, 0.05) is 19.0 Å². The Morgan fingerprint density at radius 3 is 2.67 bits per heavy atom. The Hall–Kier alpha value is -0.650. The highest BCUT2D eigenvalue weighted by molar-refractivity contribution is 5.74. The van der Waals surface area contributed by atoms with Crippen LogP contribution in [0.15, 0.2) is 0 Å². The molecule has 1 saturated heterocycles. The van der Waals surface area contributed by atoms with Crippen LogP contribution in [-0.2, 0) is 9.53 Å². The average molecular weight is 257 g/mol. The van der Waals surface area contributed by atoms with E-state index in [1.165, 1.54) is 32.4 Å². The monoisotopic (exact) mass is 257 g/mol. The molecule has 0 aromatic rings. The van der Waals surface area contributed by atoms with Crippen LogP contribution in [0.1, 0.15) is 32.6 Å². The van der Waals surface area contributed by atoms with E-state index in [-0.39, 0.29) is 18.4 Å². The molecule has 1 fully saturated rings. The number of amides is 1. The van der Waals surface area contributed by atoms with E-state index < -0.39 is 0 Å². The maximum atomic E-state index is 10.6. The molecule has 5 heteroatoms. The number of hydrogen-bond donors (Lipinski definition) is 2. The summed E-state index contributed by atoms with van der Waals surface area (Å²) in [5, 5.41) is 0. The van der Waals surface area contributed by atoms with Crippen LogP contribution in [0.4, 0.5) is 0 Å². The Morgan fingerprint density at radius 2 is 2.11 bits per heavy atom. The van der Waals surface area contributed by atoms with Crippen molar-refractivity contribution in [1.82, 2.24) is 4.90 Å². The molecule has 1 atom stereocenters. The van der Waals surface area contributed by atoms with Crippen LogP contribution >= 0.6 is 0 Å². The first-order valence-electron chi connectivity index (χ1n) is 6.95. The number of carbonyl (C=O) groups is 1. The van der Waals surface area contributed by atoms with Crippen LogP contribution in [-0.4, -0.2) is 49.7 Å². The lowest BCUT2D eigenvalue weighted by molar-refractivity contribution is -0.118. The third-order valence-corrected chi connectivity index (χ3v) is 3.63. The summed E-state index contributed by atoms with van der Waals surface area (Å²) in [6, 6.07) is -0.270. The van der Waals surface area contributed by atoms with Crippen molar-refractivity contribution < 1.29 is 9.53 Å². The Bertz CT molecular complexity index is 240. The predicted octanol–water partition coefficient (Wildman–Crippen LogP) is 0.328. The number of primary amides is 1. The molecule has 0 spiro atoms. The molecule has 0 aliphatic carbocycles. The molecule has 0 aromatic carbocycles. The van der Waals surface area contributed by atoms with Gasteiger partial charge in [-0.25, -0.2) is 0 Å². The van der Waals surface area contributed by atoms with E-state index >= 15 is 0 Å². The predicted molar refractivity (Wildman–Crippen MR) is 72.1 cm³/mol. The summed E-state index contributed by atoms with van der Waals surface area (Å²) in [4.78, 5) is 13.1. The van der Waals surface area contributed by atoms with Gasteiger partial charge in [0.25, 0.3) is 0 Å². The van der Waals surface area contributed by atoms with Crippen molar-refractivity contribution in [3.63, 3.8) is 0 Å². The quantitative estimate of drug-likeness (QED) is 0.614. The summed E-state index contributed by atoms with van der Waals surface area (Å²) >= 11 is 0. The molecule has 0 aromatic heterocycles. The number of nitrogens with zero attached hydrogens (tertiary/aromatic N) is 1. The lowest BCUT2D eigenvalue weighted by atomic mass is 9.94. The van der Waals surface area contributed by atoms with Crippen LogP contribution in [0, 0.1) is 5.92 Å². The average Bonchev–Trinajstić information content (AvgIpc) is 2.34. The van der Waals surface area contributed by atoms with Gasteiger partial charge < -0.3 is 21.1 Å². The summed E-state index contributed by atoms with van der Waals surface area (Å²) in [5.41, 5.74) is 10.7. The lowest BCUT2D eigenvalue weighted by Crippen LogP contribution is -2.37. The van der Waals surface area contributed by atoms with Crippen molar-refractivity contribution in [2.24, 2.45) is 17.4 Å². The smallest absolute Gasteiger partial charge is 0.219 e. The first-order valence-corrected chi connectivity index (χ1v) is 6.95. The maximum absolute atomic E-state index is 10.6. The van der Waals surface area contributed by atoms with E-state index in [1.807, 2.05) is 0 Å². The third kappa shape index (κ3) is 6.33. The van der Waals surface area contributed by atoms with E-state index in [9.17, 15) is 4.79 Å². The second-order valence-electron chi connectivity index (χ2n) is 5.20. The Kier molecular flexibility index (Phi) is 7.23. The molecule has 4 N–H and O–H groups in total. The minimum absolute atomic E-state index is 0.196. The molecule has 1 amide bonds. The molecule has 1 heterocycles. The molecular formula is C13H27N3O2. The van der Waals surface area contributed by atoms with Crippen LogP contribution < -0.4 is 11.5 Å². The third-order valence-electron chi connectivity index (χ3n) is 3.63. The minimum atomic E-state index is -0.368. The van der Waals surface area contributed by atoms with Gasteiger partial charge in [0.15, 0.2) is 0 Å². The van der Waals surface area contributed by atoms with E-state index in [0.29, 0.717) is 13.2 Å². The normalized spacial score (nSPS) is 19.9. The zero-order valence-electron chi connectivity index (χ0n) is 11.4. The Morgan fingerprint density at radius 1 is 1.44 bits per heavy atom. The fraction of sp³-hybridized carbons (Fsp3) is 0.923. The van der Waals surface area contributed by atoms with Crippen molar-refractivity contribution in [3.05, 3.63) is 0 Å². The molecule has 1 aliphatic rings. The highest BCUT2D eigenvalue weighted by Crippen LogP contribution is 2.19. The van der Waals surface area contributed by atoms with Gasteiger partial charge in [0.1, 0.15) is 0 Å². The SMILES string of the molecule is CCC1CCN(CCOCC(N)CC(N)=O)CC1. The summed E-state index contributed by atoms with van der Waals surface area (Å²) < 4.78 is 5.48. The maximum Gasteiger partial charge on any atom is 0.219 e. The highest BCUT2D eigenvalue weighted by atomic mass is 16.5. The number of nitrogens with two attached hydrogens (primary N) is 2. The highest BCUT2D eigenvalue weighted by Gasteiger charge is 2.17. The van der Waals surface area contributed by atoms with Gasteiger partial charge in [-0.05, 0) is 31.8 Å². The number of likely N-dealkylation sites (tertiary alicyclic amines) is 1. The lowest BCUT2D eigenvalue weighted by Gasteiger charge is -2.31. The summed E-state index contributed by atoms with van der Waals surface area (Å²) in [6.45, 7) is 6.67. The first-order chi connectivity index (χ1) is 8.61. The second-order valence-corrected chi connectivity index (χ2v) is 5.20. The number of hydrogen-bond acceptors (Lipinski definition) is 4. The van der Waals surface area contributed by atoms with Crippen LogP contribution in [0.3, 0.4) is 0 Å². The molecule has 1 unspecified atom stereocenters. The topological polar surface area (TPSA) is 81.6 Å². The molecule has 0 bridgehead atoms. The van der Waals surface area contributed by atoms with E-state index in [0.717, 1.165) is 12.5 Å². The van der Waals surface area contributed by atoms with E-state index in [2.05, 4.69) is 11.8 Å². The fourth-order valence-corrected chi connectivity index (χ4v) is 2.36. The standard InChI is InChI=1S/C13H27N3O2/c1-2-11-3-5-16(6-4-11)7-8-18-10-12(14)9-13(15)17/h11-12H,2-10,14H2,1H3,(H2,15,17). The number of rotatable bonds is 8. The molecule has 1 rings (SSSR count). The van der Waals surface area contributed by atoms with Gasteiger partial charge in [0.05, 0.1) is 13.2 Å². The van der Waals surface area contributed by atoms with Gasteiger partial charge >= 0.3 is 0 Å². The van der Waals surface area contributed by atoms with Crippen molar-refractivity contribution >= 4 is 5.91 Å². The zero-order chi connectivity index (χ0) is 13.4. The van der Waals surface area contributed by atoms with Crippen LogP contribution in [0.5, 0.6) is 0 Å². The van der Waals surface area contributed by atoms with Crippen molar-refractivity contribution in [3.8, 4) is 0 Å². The fourth-order valence-electron chi connectivity index (χ4n) is 2.36. The molecule has 106 valence electrons. The van der Waals surface area contributed by atoms with Gasteiger partial charge in [-0.2, -0.15) is 0 Å². The van der Waals surface area contributed by atoms with Gasteiger partial charge in [-0.1, -0.05) is 13.3 Å². The summed E-state index contributed by atoms with van der Waals surface area (Å²) in [7, 11) is 0. The van der Waals surface area contributed by atoms with Gasteiger partial charge in [0.2, 0.25) is 5.91 Å². The van der Waals surface area contributed by atoms with Crippen molar-refractivity contribution in [2.45, 2.75) is 38.6 Å². The van der Waals surface area contributed by atoms with Gasteiger partial charge in [-0.3, -0.25) is 4.79 Å².